The number of hydrogen-bond acceptors (Lipinski definition) is 7. The Morgan fingerprint density at radius 2 is 1.61 bits per heavy atom. The highest BCUT2D eigenvalue weighted by Gasteiger charge is 2.39. The van der Waals surface area contributed by atoms with E-state index in [9.17, 15) is 18.0 Å². The van der Waals surface area contributed by atoms with E-state index in [2.05, 4.69) is 12.2 Å². The Labute approximate surface area is 164 Å². The maximum absolute atomic E-state index is 12.7. The summed E-state index contributed by atoms with van der Waals surface area (Å²) in [5.74, 6) is -2.33. The number of nitrogens with one attached hydrogen (secondary N) is 1. The van der Waals surface area contributed by atoms with E-state index in [0.717, 1.165) is 12.8 Å². The van der Waals surface area contributed by atoms with Gasteiger partial charge >= 0.3 is 11.9 Å². The molecule has 0 spiro atoms. The van der Waals surface area contributed by atoms with E-state index in [0.29, 0.717) is 24.7 Å². The summed E-state index contributed by atoms with van der Waals surface area (Å²) in [6, 6.07) is 6.13. The zero-order valence-electron chi connectivity index (χ0n) is 16.1. The van der Waals surface area contributed by atoms with Crippen LogP contribution in [0.2, 0.25) is 0 Å². The van der Waals surface area contributed by atoms with Crippen molar-refractivity contribution in [2.75, 3.05) is 18.4 Å². The van der Waals surface area contributed by atoms with Gasteiger partial charge in [0.1, 0.15) is 0 Å². The van der Waals surface area contributed by atoms with Crippen LogP contribution in [0.25, 0.3) is 0 Å². The first kappa shape index (κ1) is 20.3. The first-order valence-corrected chi connectivity index (χ1v) is 10.6. The summed E-state index contributed by atoms with van der Waals surface area (Å²) in [5.41, 5.74) is 0.252. The van der Waals surface area contributed by atoms with Crippen molar-refractivity contribution < 1.29 is 27.5 Å². The number of esters is 2. The second-order valence-electron chi connectivity index (χ2n) is 7.49. The molecule has 2 heterocycles. The fourth-order valence-corrected chi connectivity index (χ4v) is 4.50. The van der Waals surface area contributed by atoms with Crippen LogP contribution < -0.4 is 5.32 Å². The molecule has 0 atom stereocenters. The van der Waals surface area contributed by atoms with Gasteiger partial charge in [-0.2, -0.15) is 4.31 Å². The Bertz CT molecular complexity index is 875. The number of carbonyl (C=O) groups is 2. The second kappa shape index (κ2) is 7.56. The van der Waals surface area contributed by atoms with E-state index in [-0.39, 0.29) is 10.5 Å². The molecule has 0 aromatic heterocycles. The predicted octanol–water partition coefficient (Wildman–Crippen LogP) is 2.24. The number of sulfonamides is 1. The maximum Gasteiger partial charge on any atom is 0.350 e. The fourth-order valence-electron chi connectivity index (χ4n) is 3.03. The number of nitrogens with zero attached hydrogens (tertiary/aromatic N) is 1. The van der Waals surface area contributed by atoms with Gasteiger partial charge in [-0.3, -0.25) is 0 Å². The summed E-state index contributed by atoms with van der Waals surface area (Å²) in [6.45, 7) is 6.11. The monoisotopic (exact) mass is 408 g/mol. The van der Waals surface area contributed by atoms with Crippen LogP contribution in [0, 0.1) is 5.92 Å². The Kier molecular flexibility index (Phi) is 5.49. The number of cyclic esters (lactones) is 2. The molecular formula is C19H24N2O6S. The number of carbonyl (C=O) groups excluding carboxylic acids is 2. The lowest BCUT2D eigenvalue weighted by Gasteiger charge is -2.29. The molecular weight excluding hydrogens is 384 g/mol. The SMILES string of the molecule is CC1CCN(S(=O)(=O)c2ccc(NC=C3C(=O)OC(C)(C)OC3=O)cc2)CC1. The summed E-state index contributed by atoms with van der Waals surface area (Å²) in [4.78, 5) is 24.0. The van der Waals surface area contributed by atoms with Crippen molar-refractivity contribution in [3.05, 3.63) is 36.0 Å². The van der Waals surface area contributed by atoms with E-state index >= 15 is 0 Å². The third-order valence-electron chi connectivity index (χ3n) is 4.73. The average Bonchev–Trinajstić information content (AvgIpc) is 2.61. The van der Waals surface area contributed by atoms with Crippen LogP contribution in [0.15, 0.2) is 40.9 Å². The molecule has 1 aromatic carbocycles. The van der Waals surface area contributed by atoms with Crippen LogP contribution in [-0.4, -0.2) is 43.5 Å². The van der Waals surface area contributed by atoms with E-state index in [4.69, 9.17) is 9.47 Å². The molecule has 0 amide bonds. The molecule has 0 unspecified atom stereocenters. The van der Waals surface area contributed by atoms with Gasteiger partial charge in [0, 0.05) is 38.8 Å². The number of piperidine rings is 1. The zero-order valence-corrected chi connectivity index (χ0v) is 16.9. The largest absolute Gasteiger partial charge is 0.419 e. The summed E-state index contributed by atoms with van der Waals surface area (Å²) >= 11 is 0. The third-order valence-corrected chi connectivity index (χ3v) is 6.65. The lowest BCUT2D eigenvalue weighted by Crippen LogP contribution is -2.42. The molecule has 2 aliphatic heterocycles. The van der Waals surface area contributed by atoms with Crippen LogP contribution in [0.3, 0.4) is 0 Å². The summed E-state index contributed by atoms with van der Waals surface area (Å²) in [7, 11) is -3.53. The second-order valence-corrected chi connectivity index (χ2v) is 9.43. The minimum atomic E-state index is -3.53. The van der Waals surface area contributed by atoms with Gasteiger partial charge in [0.25, 0.3) is 5.79 Å². The standard InChI is InChI=1S/C19H24N2O6S/c1-13-8-10-21(11-9-13)28(24,25)15-6-4-14(5-7-15)20-12-16-17(22)26-19(2,3)27-18(16)23/h4-7,12-13,20H,8-11H2,1-3H3. The Morgan fingerprint density at radius 3 is 2.14 bits per heavy atom. The average molecular weight is 408 g/mol. The highest BCUT2D eigenvalue weighted by atomic mass is 32.2. The van der Waals surface area contributed by atoms with Crippen molar-refractivity contribution >= 4 is 27.6 Å². The van der Waals surface area contributed by atoms with Gasteiger partial charge in [0.05, 0.1) is 4.90 Å². The van der Waals surface area contributed by atoms with Crippen molar-refractivity contribution in [2.24, 2.45) is 5.92 Å². The minimum Gasteiger partial charge on any atom is -0.419 e. The van der Waals surface area contributed by atoms with Gasteiger partial charge in [-0.15, -0.1) is 0 Å². The molecule has 0 bridgehead atoms. The maximum atomic E-state index is 12.7. The highest BCUT2D eigenvalue weighted by molar-refractivity contribution is 7.89. The molecule has 2 saturated heterocycles. The summed E-state index contributed by atoms with van der Waals surface area (Å²) in [6.07, 6.45) is 2.90. The Morgan fingerprint density at radius 1 is 1.07 bits per heavy atom. The van der Waals surface area contributed by atoms with Crippen LogP contribution >= 0.6 is 0 Å². The lowest BCUT2D eigenvalue weighted by atomic mass is 10.0. The van der Waals surface area contributed by atoms with Gasteiger partial charge in [-0.25, -0.2) is 18.0 Å². The van der Waals surface area contributed by atoms with E-state index in [1.165, 1.54) is 36.5 Å². The van der Waals surface area contributed by atoms with Crippen molar-refractivity contribution in [3.8, 4) is 0 Å². The fraction of sp³-hybridized carbons (Fsp3) is 0.474. The smallest absolute Gasteiger partial charge is 0.350 e. The van der Waals surface area contributed by atoms with Crippen LogP contribution in [0.5, 0.6) is 0 Å². The summed E-state index contributed by atoms with van der Waals surface area (Å²) in [5, 5.41) is 2.79. The zero-order chi connectivity index (χ0) is 20.5. The lowest BCUT2D eigenvalue weighted by molar-refractivity contribution is -0.222. The number of anilines is 1. The number of rotatable bonds is 4. The molecule has 9 heteroatoms. The van der Waals surface area contributed by atoms with Crippen LogP contribution in [0.1, 0.15) is 33.6 Å². The first-order chi connectivity index (χ1) is 13.1. The van der Waals surface area contributed by atoms with Crippen molar-refractivity contribution in [2.45, 2.75) is 44.3 Å². The molecule has 3 rings (SSSR count). The van der Waals surface area contributed by atoms with Gasteiger partial charge in [0.15, 0.2) is 5.57 Å². The van der Waals surface area contributed by atoms with Crippen molar-refractivity contribution in [1.29, 1.82) is 0 Å². The van der Waals surface area contributed by atoms with E-state index < -0.39 is 27.7 Å². The van der Waals surface area contributed by atoms with Gasteiger partial charge in [-0.05, 0) is 43.0 Å². The van der Waals surface area contributed by atoms with E-state index in [1.54, 1.807) is 12.1 Å². The molecule has 1 N–H and O–H groups in total. The molecule has 152 valence electrons. The number of hydrogen-bond donors (Lipinski definition) is 1. The third kappa shape index (κ3) is 4.36. The summed E-state index contributed by atoms with van der Waals surface area (Å²) < 4.78 is 37.0. The molecule has 0 radical (unpaired) electrons. The Balaban J connectivity index is 1.70. The van der Waals surface area contributed by atoms with Crippen LogP contribution in [-0.2, 0) is 29.1 Å². The highest BCUT2D eigenvalue weighted by Crippen LogP contribution is 2.25. The Hall–Kier alpha value is -2.39. The molecule has 0 aliphatic carbocycles. The molecule has 2 aliphatic rings. The first-order valence-electron chi connectivity index (χ1n) is 9.12. The van der Waals surface area contributed by atoms with E-state index in [1.807, 2.05) is 0 Å². The topological polar surface area (TPSA) is 102 Å². The molecule has 0 saturated carbocycles. The van der Waals surface area contributed by atoms with Crippen LogP contribution in [0.4, 0.5) is 5.69 Å². The molecule has 1 aromatic rings. The number of ether oxygens (including phenoxy) is 2. The van der Waals surface area contributed by atoms with Gasteiger partial charge < -0.3 is 14.8 Å². The van der Waals surface area contributed by atoms with Crippen molar-refractivity contribution in [1.82, 2.24) is 4.31 Å². The van der Waals surface area contributed by atoms with Crippen molar-refractivity contribution in [3.63, 3.8) is 0 Å². The normalized spacial score (nSPS) is 21.0. The van der Waals surface area contributed by atoms with Gasteiger partial charge in [0.2, 0.25) is 10.0 Å². The number of benzene rings is 1. The molecule has 2 fully saturated rings. The quantitative estimate of drug-likeness (QED) is 0.463. The molecule has 28 heavy (non-hydrogen) atoms. The molecule has 8 nitrogen and oxygen atoms in total. The minimum absolute atomic E-state index is 0.207. The predicted molar refractivity (Wildman–Crippen MR) is 102 cm³/mol. The van der Waals surface area contributed by atoms with Gasteiger partial charge in [-0.1, -0.05) is 6.92 Å².